The fourth-order valence-corrected chi connectivity index (χ4v) is 4.32. The molecular formula is C21H23N3O3S. The Morgan fingerprint density at radius 2 is 2.14 bits per heavy atom. The first-order chi connectivity index (χ1) is 13.6. The number of hydrogen-bond acceptors (Lipinski definition) is 6. The van der Waals surface area contributed by atoms with Crippen LogP contribution in [0.2, 0.25) is 0 Å². The average Bonchev–Trinajstić information content (AvgIpc) is 3.37. The molecule has 0 aliphatic carbocycles. The smallest absolute Gasteiger partial charge is 0.265 e. The number of carbonyl (C=O) groups excluding carboxylic acids is 1. The number of benzene rings is 1. The number of aryl methyl sites for hydroxylation is 1. The van der Waals surface area contributed by atoms with E-state index in [-0.39, 0.29) is 11.8 Å². The van der Waals surface area contributed by atoms with Crippen molar-refractivity contribution in [1.29, 1.82) is 0 Å². The van der Waals surface area contributed by atoms with Crippen LogP contribution in [0.15, 0.2) is 40.4 Å². The number of likely N-dealkylation sites (tertiary alicyclic amines) is 1. The number of carbonyl (C=O) groups is 1. The molecule has 1 amide bonds. The Bertz CT molecular complexity index is 948. The fraction of sp³-hybridized carbons (Fsp3) is 0.381. The third-order valence-electron chi connectivity index (χ3n) is 5.11. The van der Waals surface area contributed by atoms with Gasteiger partial charge < -0.3 is 14.1 Å². The van der Waals surface area contributed by atoms with E-state index in [2.05, 4.69) is 9.97 Å². The summed E-state index contributed by atoms with van der Waals surface area (Å²) < 4.78 is 11.2. The topological polar surface area (TPSA) is 68.5 Å². The Balaban J connectivity index is 1.42. The number of thiazole rings is 1. The highest BCUT2D eigenvalue weighted by atomic mass is 32.1. The highest BCUT2D eigenvalue weighted by Crippen LogP contribution is 2.29. The molecule has 0 spiro atoms. The average molecular weight is 398 g/mol. The maximum Gasteiger partial charge on any atom is 0.265 e. The summed E-state index contributed by atoms with van der Waals surface area (Å²) in [6.07, 6.45) is 4.42. The Morgan fingerprint density at radius 3 is 2.86 bits per heavy atom. The van der Waals surface area contributed by atoms with E-state index in [4.69, 9.17) is 9.15 Å². The quantitative estimate of drug-likeness (QED) is 0.649. The summed E-state index contributed by atoms with van der Waals surface area (Å²) in [6, 6.07) is 7.94. The molecule has 1 aliphatic heterocycles. The molecular weight excluding hydrogens is 374 g/mol. The maximum atomic E-state index is 12.8. The standard InChI is InChI=1S/C21H23N3O3S/c1-14-19(28-13-23-14)21(25)24-9-3-4-16(12-24)20-22-11-18(27-20)10-15-5-7-17(26-2)8-6-15/h5-8,11,13,16H,3-4,9-10,12H2,1-2H3. The fourth-order valence-electron chi connectivity index (χ4n) is 3.55. The molecule has 0 bridgehead atoms. The summed E-state index contributed by atoms with van der Waals surface area (Å²) in [5, 5.41) is 0. The lowest BCUT2D eigenvalue weighted by Crippen LogP contribution is -2.39. The van der Waals surface area contributed by atoms with Crippen LogP contribution in [-0.2, 0) is 6.42 Å². The lowest BCUT2D eigenvalue weighted by molar-refractivity contribution is 0.0702. The van der Waals surface area contributed by atoms with Crippen molar-refractivity contribution >= 4 is 17.2 Å². The van der Waals surface area contributed by atoms with Gasteiger partial charge >= 0.3 is 0 Å². The van der Waals surface area contributed by atoms with Gasteiger partial charge in [0.25, 0.3) is 5.91 Å². The van der Waals surface area contributed by atoms with Crippen molar-refractivity contribution in [3.63, 3.8) is 0 Å². The molecule has 0 saturated carbocycles. The summed E-state index contributed by atoms with van der Waals surface area (Å²) in [6.45, 7) is 3.29. The Labute approximate surface area is 168 Å². The van der Waals surface area contributed by atoms with Gasteiger partial charge in [-0.25, -0.2) is 9.97 Å². The zero-order valence-corrected chi connectivity index (χ0v) is 16.9. The molecule has 1 fully saturated rings. The van der Waals surface area contributed by atoms with Crippen molar-refractivity contribution < 1.29 is 13.9 Å². The molecule has 4 rings (SSSR count). The van der Waals surface area contributed by atoms with E-state index in [9.17, 15) is 4.79 Å². The van der Waals surface area contributed by atoms with Crippen LogP contribution in [0, 0.1) is 6.92 Å². The second kappa shape index (κ2) is 8.14. The molecule has 3 heterocycles. The predicted molar refractivity (Wildman–Crippen MR) is 107 cm³/mol. The molecule has 146 valence electrons. The molecule has 1 aromatic carbocycles. The summed E-state index contributed by atoms with van der Waals surface area (Å²) >= 11 is 1.41. The number of rotatable bonds is 5. The van der Waals surface area contributed by atoms with E-state index in [1.165, 1.54) is 11.3 Å². The second-order valence-electron chi connectivity index (χ2n) is 7.05. The van der Waals surface area contributed by atoms with Crippen molar-refractivity contribution in [2.75, 3.05) is 20.2 Å². The van der Waals surface area contributed by atoms with Crippen molar-refractivity contribution in [2.24, 2.45) is 0 Å². The molecule has 1 aliphatic rings. The maximum absolute atomic E-state index is 12.8. The van der Waals surface area contributed by atoms with Gasteiger partial charge in [-0.2, -0.15) is 0 Å². The van der Waals surface area contributed by atoms with Gasteiger partial charge in [0.15, 0.2) is 5.89 Å². The third-order valence-corrected chi connectivity index (χ3v) is 6.02. The number of piperidine rings is 1. The van der Waals surface area contributed by atoms with Crippen molar-refractivity contribution in [3.05, 3.63) is 63.8 Å². The largest absolute Gasteiger partial charge is 0.497 e. The zero-order valence-electron chi connectivity index (χ0n) is 16.1. The number of methoxy groups -OCH3 is 1. The van der Waals surface area contributed by atoms with Crippen molar-refractivity contribution in [1.82, 2.24) is 14.9 Å². The minimum absolute atomic E-state index is 0.0645. The van der Waals surface area contributed by atoms with Gasteiger partial charge in [0, 0.05) is 19.5 Å². The van der Waals surface area contributed by atoms with Gasteiger partial charge in [-0.3, -0.25) is 4.79 Å². The molecule has 7 heteroatoms. The number of hydrogen-bond donors (Lipinski definition) is 0. The Morgan fingerprint density at radius 1 is 1.32 bits per heavy atom. The predicted octanol–water partition coefficient (Wildman–Crippen LogP) is 4.06. The number of nitrogens with zero attached hydrogens (tertiary/aromatic N) is 3. The van der Waals surface area contributed by atoms with Gasteiger partial charge in [-0.05, 0) is 37.5 Å². The first-order valence-corrected chi connectivity index (χ1v) is 10.3. The summed E-state index contributed by atoms with van der Waals surface area (Å²) in [4.78, 5) is 24.1. The van der Waals surface area contributed by atoms with Crippen LogP contribution in [0.1, 0.15) is 51.3 Å². The van der Waals surface area contributed by atoms with Crippen LogP contribution in [0.5, 0.6) is 5.75 Å². The van der Waals surface area contributed by atoms with E-state index in [0.29, 0.717) is 13.0 Å². The van der Waals surface area contributed by atoms with Gasteiger partial charge in [0.05, 0.1) is 30.4 Å². The van der Waals surface area contributed by atoms with Crippen molar-refractivity contribution in [2.45, 2.75) is 32.1 Å². The summed E-state index contributed by atoms with van der Waals surface area (Å²) in [5.41, 5.74) is 3.67. The molecule has 2 aromatic heterocycles. The Hall–Kier alpha value is -2.67. The number of oxazole rings is 1. The van der Waals surface area contributed by atoms with Gasteiger partial charge in [0.2, 0.25) is 0 Å². The van der Waals surface area contributed by atoms with Crippen LogP contribution in [-0.4, -0.2) is 41.0 Å². The SMILES string of the molecule is COc1ccc(Cc2cnc(C3CCCN(C(=O)c4scnc4C)C3)o2)cc1. The lowest BCUT2D eigenvalue weighted by Gasteiger charge is -2.31. The van der Waals surface area contributed by atoms with E-state index in [1.54, 1.807) is 18.8 Å². The minimum atomic E-state index is 0.0645. The van der Waals surface area contributed by atoms with E-state index in [0.717, 1.165) is 52.9 Å². The molecule has 1 atom stereocenters. The van der Waals surface area contributed by atoms with Crippen molar-refractivity contribution in [3.8, 4) is 5.75 Å². The van der Waals surface area contributed by atoms with Crippen LogP contribution >= 0.6 is 11.3 Å². The number of aromatic nitrogens is 2. The molecule has 6 nitrogen and oxygen atoms in total. The normalized spacial score (nSPS) is 16.9. The zero-order chi connectivity index (χ0) is 19.5. The van der Waals surface area contributed by atoms with Crippen LogP contribution in [0.3, 0.4) is 0 Å². The summed E-state index contributed by atoms with van der Waals surface area (Å²) in [7, 11) is 1.66. The van der Waals surface area contributed by atoms with Crippen LogP contribution in [0.25, 0.3) is 0 Å². The third kappa shape index (κ3) is 3.94. The molecule has 0 N–H and O–H groups in total. The highest BCUT2D eigenvalue weighted by molar-refractivity contribution is 7.11. The van der Waals surface area contributed by atoms with Crippen LogP contribution < -0.4 is 4.74 Å². The van der Waals surface area contributed by atoms with E-state index >= 15 is 0 Å². The first-order valence-electron chi connectivity index (χ1n) is 9.41. The summed E-state index contributed by atoms with van der Waals surface area (Å²) in [5.74, 6) is 2.60. The van der Waals surface area contributed by atoms with Crippen LogP contribution in [0.4, 0.5) is 0 Å². The molecule has 1 saturated heterocycles. The highest BCUT2D eigenvalue weighted by Gasteiger charge is 2.29. The van der Waals surface area contributed by atoms with Gasteiger partial charge in [-0.1, -0.05) is 12.1 Å². The van der Waals surface area contributed by atoms with E-state index < -0.39 is 0 Å². The number of ether oxygens (including phenoxy) is 1. The van der Waals surface area contributed by atoms with E-state index in [1.807, 2.05) is 36.1 Å². The minimum Gasteiger partial charge on any atom is -0.497 e. The van der Waals surface area contributed by atoms with Gasteiger partial charge in [-0.15, -0.1) is 11.3 Å². The second-order valence-corrected chi connectivity index (χ2v) is 7.90. The monoisotopic (exact) mass is 397 g/mol. The first kappa shape index (κ1) is 18.7. The lowest BCUT2D eigenvalue weighted by atomic mass is 9.98. The number of amides is 1. The molecule has 0 radical (unpaired) electrons. The Kier molecular flexibility index (Phi) is 5.43. The molecule has 1 unspecified atom stereocenters. The van der Waals surface area contributed by atoms with Gasteiger partial charge in [0.1, 0.15) is 16.4 Å². The molecule has 3 aromatic rings. The molecule has 28 heavy (non-hydrogen) atoms.